The molecule has 0 bridgehead atoms. The highest BCUT2D eigenvalue weighted by molar-refractivity contribution is 5.79. The maximum atomic E-state index is 4.51. The van der Waals surface area contributed by atoms with Crippen molar-refractivity contribution in [3.05, 3.63) is 52.3 Å². The van der Waals surface area contributed by atoms with Crippen LogP contribution in [0.15, 0.2) is 29.3 Å². The van der Waals surface area contributed by atoms with Crippen LogP contribution >= 0.6 is 0 Å². The standard InChI is InChI=1S/C22H36N6/c1-8-27(6)15-20-11-9-10-19(13-20)14-24-22(23-5)25-16(2)12-21-17(3)26-28(7)18(21)4/h9-11,13,16H,8,12,14-15H2,1-7H3,(H2,23,24,25). The van der Waals surface area contributed by atoms with E-state index in [1.165, 1.54) is 22.4 Å². The predicted octanol–water partition coefficient (Wildman–Crippen LogP) is 2.78. The second-order valence-electron chi connectivity index (χ2n) is 7.60. The third kappa shape index (κ3) is 6.09. The van der Waals surface area contributed by atoms with Gasteiger partial charge in [0.25, 0.3) is 0 Å². The van der Waals surface area contributed by atoms with Crippen LogP contribution in [0, 0.1) is 13.8 Å². The molecule has 2 N–H and O–H groups in total. The van der Waals surface area contributed by atoms with Crippen molar-refractivity contribution in [1.29, 1.82) is 0 Å². The summed E-state index contributed by atoms with van der Waals surface area (Å²) in [6, 6.07) is 8.99. The molecule has 6 heteroatoms. The summed E-state index contributed by atoms with van der Waals surface area (Å²) in [5.74, 6) is 0.822. The van der Waals surface area contributed by atoms with Crippen LogP contribution in [0.25, 0.3) is 0 Å². The first-order valence-corrected chi connectivity index (χ1v) is 10.1. The first-order chi connectivity index (χ1) is 13.3. The number of guanidine groups is 1. The van der Waals surface area contributed by atoms with E-state index in [1.54, 1.807) is 0 Å². The smallest absolute Gasteiger partial charge is 0.191 e. The Morgan fingerprint density at radius 3 is 2.61 bits per heavy atom. The Morgan fingerprint density at radius 1 is 1.29 bits per heavy atom. The minimum Gasteiger partial charge on any atom is -0.354 e. The number of rotatable bonds is 8. The van der Waals surface area contributed by atoms with Gasteiger partial charge in [-0.05, 0) is 57.5 Å². The second kappa shape index (κ2) is 10.3. The molecule has 0 saturated heterocycles. The summed E-state index contributed by atoms with van der Waals surface area (Å²) in [7, 11) is 5.95. The Labute approximate surface area is 170 Å². The lowest BCUT2D eigenvalue weighted by atomic mass is 10.1. The van der Waals surface area contributed by atoms with Crippen LogP contribution in [0.5, 0.6) is 0 Å². The number of aliphatic imine (C=N–C) groups is 1. The highest BCUT2D eigenvalue weighted by atomic mass is 15.3. The van der Waals surface area contributed by atoms with Gasteiger partial charge < -0.3 is 15.5 Å². The monoisotopic (exact) mass is 384 g/mol. The minimum absolute atomic E-state index is 0.261. The van der Waals surface area contributed by atoms with Crippen LogP contribution in [-0.4, -0.2) is 47.3 Å². The van der Waals surface area contributed by atoms with E-state index in [9.17, 15) is 0 Å². The molecule has 0 aliphatic rings. The Bertz CT molecular complexity index is 792. The van der Waals surface area contributed by atoms with E-state index in [2.05, 4.69) is 84.6 Å². The number of benzene rings is 1. The largest absolute Gasteiger partial charge is 0.354 e. The van der Waals surface area contributed by atoms with Gasteiger partial charge in [0.15, 0.2) is 5.96 Å². The van der Waals surface area contributed by atoms with Crippen molar-refractivity contribution in [3.63, 3.8) is 0 Å². The molecule has 1 atom stereocenters. The third-order valence-electron chi connectivity index (χ3n) is 5.22. The van der Waals surface area contributed by atoms with E-state index in [0.717, 1.165) is 37.7 Å². The molecule has 2 rings (SSSR count). The number of hydrogen-bond acceptors (Lipinski definition) is 3. The molecule has 1 heterocycles. The summed E-state index contributed by atoms with van der Waals surface area (Å²) >= 11 is 0. The first kappa shape index (κ1) is 22.0. The molecule has 0 aliphatic heterocycles. The zero-order chi connectivity index (χ0) is 20.7. The van der Waals surface area contributed by atoms with Gasteiger partial charge in [-0.25, -0.2) is 0 Å². The number of aryl methyl sites for hydroxylation is 2. The van der Waals surface area contributed by atoms with Gasteiger partial charge in [-0.15, -0.1) is 0 Å². The van der Waals surface area contributed by atoms with Crippen LogP contribution in [0.3, 0.4) is 0 Å². The summed E-state index contributed by atoms with van der Waals surface area (Å²) in [5.41, 5.74) is 6.23. The maximum Gasteiger partial charge on any atom is 0.191 e. The van der Waals surface area contributed by atoms with Crippen molar-refractivity contribution in [2.45, 2.75) is 53.2 Å². The van der Waals surface area contributed by atoms with E-state index in [4.69, 9.17) is 0 Å². The van der Waals surface area contributed by atoms with Crippen molar-refractivity contribution in [2.24, 2.45) is 12.0 Å². The molecular weight excluding hydrogens is 348 g/mol. The van der Waals surface area contributed by atoms with Gasteiger partial charge >= 0.3 is 0 Å². The van der Waals surface area contributed by atoms with Crippen molar-refractivity contribution in [3.8, 4) is 0 Å². The highest BCUT2D eigenvalue weighted by Gasteiger charge is 2.14. The highest BCUT2D eigenvalue weighted by Crippen LogP contribution is 2.14. The molecule has 0 spiro atoms. The Kier molecular flexibility index (Phi) is 8.05. The molecule has 1 unspecified atom stereocenters. The molecule has 28 heavy (non-hydrogen) atoms. The SMILES string of the molecule is CCN(C)Cc1cccc(CNC(=NC)NC(C)Cc2c(C)nn(C)c2C)c1. The van der Waals surface area contributed by atoms with Crippen molar-refractivity contribution in [2.75, 3.05) is 20.6 Å². The predicted molar refractivity (Wildman–Crippen MR) is 118 cm³/mol. The van der Waals surface area contributed by atoms with Crippen molar-refractivity contribution in [1.82, 2.24) is 25.3 Å². The van der Waals surface area contributed by atoms with Crippen LogP contribution < -0.4 is 10.6 Å². The van der Waals surface area contributed by atoms with Gasteiger partial charge in [0.1, 0.15) is 0 Å². The van der Waals surface area contributed by atoms with E-state index in [-0.39, 0.29) is 6.04 Å². The molecule has 2 aromatic rings. The third-order valence-corrected chi connectivity index (χ3v) is 5.22. The van der Waals surface area contributed by atoms with Gasteiger partial charge in [0.2, 0.25) is 0 Å². The van der Waals surface area contributed by atoms with Crippen molar-refractivity contribution < 1.29 is 0 Å². The molecule has 6 nitrogen and oxygen atoms in total. The summed E-state index contributed by atoms with van der Waals surface area (Å²) in [4.78, 5) is 6.69. The lowest BCUT2D eigenvalue weighted by Gasteiger charge is -2.19. The fraction of sp³-hybridized carbons (Fsp3) is 0.545. The molecule has 0 fully saturated rings. The number of nitrogens with zero attached hydrogens (tertiary/aromatic N) is 4. The summed E-state index contributed by atoms with van der Waals surface area (Å²) in [6.07, 6.45) is 0.922. The van der Waals surface area contributed by atoms with E-state index >= 15 is 0 Å². The number of nitrogens with one attached hydrogen (secondary N) is 2. The number of hydrogen-bond donors (Lipinski definition) is 2. The zero-order valence-corrected chi connectivity index (χ0v) is 18.5. The molecule has 0 radical (unpaired) electrons. The fourth-order valence-corrected chi connectivity index (χ4v) is 3.35. The number of aromatic nitrogens is 2. The van der Waals surface area contributed by atoms with Crippen LogP contribution in [0.1, 0.15) is 41.9 Å². The fourth-order valence-electron chi connectivity index (χ4n) is 3.35. The van der Waals surface area contributed by atoms with Crippen molar-refractivity contribution >= 4 is 5.96 Å². The summed E-state index contributed by atoms with van der Waals surface area (Å²) in [5, 5.41) is 11.4. The molecule has 0 aliphatic carbocycles. The van der Waals surface area contributed by atoms with E-state index < -0.39 is 0 Å². The second-order valence-corrected chi connectivity index (χ2v) is 7.60. The quantitative estimate of drug-likeness (QED) is 0.543. The maximum absolute atomic E-state index is 4.51. The van der Waals surface area contributed by atoms with Gasteiger partial charge in [-0.3, -0.25) is 9.67 Å². The van der Waals surface area contributed by atoms with Gasteiger partial charge in [-0.1, -0.05) is 31.2 Å². The average Bonchev–Trinajstić information content (AvgIpc) is 2.91. The van der Waals surface area contributed by atoms with Crippen LogP contribution in [-0.2, 0) is 26.6 Å². The Hall–Kier alpha value is -2.34. The van der Waals surface area contributed by atoms with Gasteiger partial charge in [-0.2, -0.15) is 5.10 Å². The lowest BCUT2D eigenvalue weighted by molar-refractivity contribution is 0.345. The zero-order valence-electron chi connectivity index (χ0n) is 18.5. The minimum atomic E-state index is 0.261. The summed E-state index contributed by atoms with van der Waals surface area (Å²) < 4.78 is 1.95. The summed E-state index contributed by atoms with van der Waals surface area (Å²) in [6.45, 7) is 11.3. The molecule has 0 saturated carbocycles. The average molecular weight is 385 g/mol. The van der Waals surface area contributed by atoms with Crippen LogP contribution in [0.4, 0.5) is 0 Å². The topological polar surface area (TPSA) is 57.5 Å². The lowest BCUT2D eigenvalue weighted by Crippen LogP contribution is -2.42. The van der Waals surface area contributed by atoms with Gasteiger partial charge in [0.05, 0.1) is 5.69 Å². The normalized spacial score (nSPS) is 13.1. The molecule has 1 aromatic carbocycles. The Balaban J connectivity index is 1.91. The van der Waals surface area contributed by atoms with Gasteiger partial charge in [0, 0.05) is 38.9 Å². The molecule has 0 amide bonds. The molecule has 154 valence electrons. The van der Waals surface area contributed by atoms with E-state index in [1.807, 2.05) is 18.8 Å². The Morgan fingerprint density at radius 2 is 2.00 bits per heavy atom. The van der Waals surface area contributed by atoms with E-state index in [0.29, 0.717) is 0 Å². The van der Waals surface area contributed by atoms with Crippen LogP contribution in [0.2, 0.25) is 0 Å². The molecule has 1 aromatic heterocycles. The first-order valence-electron chi connectivity index (χ1n) is 10.1. The molecular formula is C22H36N6.